The lowest BCUT2D eigenvalue weighted by molar-refractivity contribution is -0.128. The molecule has 3 nitrogen and oxygen atoms in total. The number of hydrogen-bond acceptors (Lipinski definition) is 2. The molecule has 0 fully saturated rings. The van der Waals surface area contributed by atoms with Crippen LogP contribution >= 0.6 is 27.5 Å². The van der Waals surface area contributed by atoms with Gasteiger partial charge in [0, 0.05) is 29.6 Å². The molecule has 0 aliphatic carbocycles. The Morgan fingerprint density at radius 1 is 1.44 bits per heavy atom. The highest BCUT2D eigenvalue weighted by atomic mass is 79.9. The molecule has 0 bridgehead atoms. The van der Waals surface area contributed by atoms with E-state index in [9.17, 15) is 4.79 Å². The zero-order valence-electron chi connectivity index (χ0n) is 10.8. The normalized spacial score (nSPS) is 11.4. The van der Waals surface area contributed by atoms with E-state index in [4.69, 9.17) is 11.6 Å². The van der Waals surface area contributed by atoms with Crippen LogP contribution in [0, 0.1) is 5.41 Å². The van der Waals surface area contributed by atoms with Crippen molar-refractivity contribution >= 4 is 33.4 Å². The van der Waals surface area contributed by atoms with Crippen molar-refractivity contribution in [3.8, 4) is 0 Å². The van der Waals surface area contributed by atoms with Gasteiger partial charge in [-0.3, -0.25) is 4.79 Å². The molecule has 0 saturated heterocycles. The highest BCUT2D eigenvalue weighted by Gasteiger charge is 2.25. The predicted octanol–water partition coefficient (Wildman–Crippen LogP) is 2.96. The molecule has 0 aliphatic heterocycles. The Morgan fingerprint density at radius 2 is 2.11 bits per heavy atom. The number of benzene rings is 1. The van der Waals surface area contributed by atoms with Crippen molar-refractivity contribution in [1.29, 1.82) is 0 Å². The molecule has 0 spiro atoms. The minimum absolute atomic E-state index is 0.0326. The fourth-order valence-corrected chi connectivity index (χ4v) is 2.42. The molecule has 0 saturated carbocycles. The van der Waals surface area contributed by atoms with Crippen molar-refractivity contribution in [2.24, 2.45) is 5.41 Å². The van der Waals surface area contributed by atoms with Crippen LogP contribution in [0.3, 0.4) is 0 Å². The molecule has 0 atom stereocenters. The van der Waals surface area contributed by atoms with Crippen molar-refractivity contribution in [3.63, 3.8) is 0 Å². The summed E-state index contributed by atoms with van der Waals surface area (Å²) in [5.74, 6) is 0.0326. The average molecular weight is 334 g/mol. The third-order valence-electron chi connectivity index (χ3n) is 2.74. The second-order valence-corrected chi connectivity index (χ2v) is 6.09. The first-order valence-electron chi connectivity index (χ1n) is 5.73. The number of nitrogens with one attached hydrogen (secondary N) is 2. The Balaban J connectivity index is 2.54. The topological polar surface area (TPSA) is 41.1 Å². The maximum Gasteiger partial charge on any atom is 0.226 e. The average Bonchev–Trinajstić information content (AvgIpc) is 2.30. The van der Waals surface area contributed by atoms with Crippen molar-refractivity contribution < 1.29 is 4.79 Å². The first kappa shape index (κ1) is 15.5. The van der Waals surface area contributed by atoms with Gasteiger partial charge < -0.3 is 10.6 Å². The van der Waals surface area contributed by atoms with E-state index >= 15 is 0 Å². The Kier molecular flexibility index (Phi) is 5.63. The van der Waals surface area contributed by atoms with Gasteiger partial charge in [-0.25, -0.2) is 0 Å². The van der Waals surface area contributed by atoms with E-state index in [2.05, 4.69) is 26.6 Å². The molecular weight excluding hydrogens is 316 g/mol. The summed E-state index contributed by atoms with van der Waals surface area (Å²) in [6.07, 6.45) is 0. The van der Waals surface area contributed by atoms with Gasteiger partial charge in [0.15, 0.2) is 0 Å². The van der Waals surface area contributed by atoms with Gasteiger partial charge >= 0.3 is 0 Å². The summed E-state index contributed by atoms with van der Waals surface area (Å²) in [7, 11) is 1.65. The minimum atomic E-state index is -0.423. The predicted molar refractivity (Wildman–Crippen MR) is 78.7 cm³/mol. The Hall–Kier alpha value is -0.580. The van der Waals surface area contributed by atoms with Crippen LogP contribution in [-0.4, -0.2) is 19.5 Å². The number of amides is 1. The lowest BCUT2D eigenvalue weighted by Gasteiger charge is -2.23. The van der Waals surface area contributed by atoms with Crippen LogP contribution in [0.15, 0.2) is 22.7 Å². The molecule has 0 unspecified atom stereocenters. The van der Waals surface area contributed by atoms with Gasteiger partial charge in [-0.2, -0.15) is 0 Å². The summed E-state index contributed by atoms with van der Waals surface area (Å²) in [5.41, 5.74) is 0.695. The standard InChI is InChI=1S/C13H18BrClN2O/c1-13(2,12(18)16-3)8-17-7-9-4-5-10(15)6-11(9)14/h4-6,17H,7-8H2,1-3H3,(H,16,18). The molecule has 0 heterocycles. The third-order valence-corrected chi connectivity index (χ3v) is 3.71. The van der Waals surface area contributed by atoms with E-state index in [0.29, 0.717) is 18.1 Å². The molecule has 5 heteroatoms. The fraction of sp³-hybridized carbons (Fsp3) is 0.462. The maximum absolute atomic E-state index is 11.6. The number of carbonyl (C=O) groups is 1. The Labute approximate surface area is 121 Å². The third kappa shape index (κ3) is 4.26. The second kappa shape index (κ2) is 6.55. The van der Waals surface area contributed by atoms with Crippen LogP contribution in [0.25, 0.3) is 0 Å². The summed E-state index contributed by atoms with van der Waals surface area (Å²) >= 11 is 9.35. The SMILES string of the molecule is CNC(=O)C(C)(C)CNCc1ccc(Cl)cc1Br. The molecule has 1 aromatic rings. The monoisotopic (exact) mass is 332 g/mol. The van der Waals surface area contributed by atoms with Crippen LogP contribution in [-0.2, 0) is 11.3 Å². The van der Waals surface area contributed by atoms with Gasteiger partial charge in [0.25, 0.3) is 0 Å². The van der Waals surface area contributed by atoms with Gasteiger partial charge in [-0.05, 0) is 31.5 Å². The molecule has 0 aliphatic rings. The van der Waals surface area contributed by atoms with Gasteiger partial charge in [0.05, 0.1) is 5.41 Å². The van der Waals surface area contributed by atoms with Crippen LogP contribution < -0.4 is 10.6 Å². The zero-order valence-corrected chi connectivity index (χ0v) is 13.2. The van der Waals surface area contributed by atoms with Crippen molar-refractivity contribution in [2.45, 2.75) is 20.4 Å². The van der Waals surface area contributed by atoms with Gasteiger partial charge in [0.2, 0.25) is 5.91 Å². The lowest BCUT2D eigenvalue weighted by atomic mass is 9.92. The number of rotatable bonds is 5. The van der Waals surface area contributed by atoms with Gasteiger partial charge in [-0.15, -0.1) is 0 Å². The Bertz CT molecular complexity index is 435. The summed E-state index contributed by atoms with van der Waals surface area (Å²) in [6.45, 7) is 5.13. The smallest absolute Gasteiger partial charge is 0.226 e. The fourth-order valence-electron chi connectivity index (χ4n) is 1.59. The Morgan fingerprint density at radius 3 is 2.67 bits per heavy atom. The first-order chi connectivity index (χ1) is 8.36. The molecular formula is C13H18BrClN2O. The highest BCUT2D eigenvalue weighted by Crippen LogP contribution is 2.21. The number of carbonyl (C=O) groups excluding carboxylic acids is 1. The largest absolute Gasteiger partial charge is 0.359 e. The van der Waals surface area contributed by atoms with E-state index in [1.807, 2.05) is 32.0 Å². The van der Waals surface area contributed by atoms with E-state index in [-0.39, 0.29) is 5.91 Å². The molecule has 100 valence electrons. The second-order valence-electron chi connectivity index (χ2n) is 4.80. The van der Waals surface area contributed by atoms with Crippen molar-refractivity contribution in [2.75, 3.05) is 13.6 Å². The molecule has 0 aromatic heterocycles. The first-order valence-corrected chi connectivity index (χ1v) is 6.91. The van der Waals surface area contributed by atoms with Crippen molar-refractivity contribution in [1.82, 2.24) is 10.6 Å². The zero-order chi connectivity index (χ0) is 13.8. The molecule has 18 heavy (non-hydrogen) atoms. The molecule has 0 radical (unpaired) electrons. The van der Waals surface area contributed by atoms with Gasteiger partial charge in [0.1, 0.15) is 0 Å². The van der Waals surface area contributed by atoms with E-state index in [1.165, 1.54) is 0 Å². The van der Waals surface area contributed by atoms with E-state index < -0.39 is 5.41 Å². The quantitative estimate of drug-likeness (QED) is 0.870. The summed E-state index contributed by atoms with van der Waals surface area (Å²) in [6, 6.07) is 5.68. The van der Waals surface area contributed by atoms with Crippen LogP contribution in [0.2, 0.25) is 5.02 Å². The summed E-state index contributed by atoms with van der Waals surface area (Å²) in [4.78, 5) is 11.6. The lowest BCUT2D eigenvalue weighted by Crippen LogP contribution is -2.41. The molecule has 1 amide bonds. The molecule has 1 rings (SSSR count). The molecule has 2 N–H and O–H groups in total. The maximum atomic E-state index is 11.6. The van der Waals surface area contributed by atoms with Gasteiger partial charge in [-0.1, -0.05) is 33.6 Å². The number of halogens is 2. The highest BCUT2D eigenvalue weighted by molar-refractivity contribution is 9.10. The summed E-state index contributed by atoms with van der Waals surface area (Å²) < 4.78 is 0.972. The van der Waals surface area contributed by atoms with Crippen molar-refractivity contribution in [3.05, 3.63) is 33.3 Å². The molecule has 1 aromatic carbocycles. The van der Waals surface area contributed by atoms with Crippen LogP contribution in [0.4, 0.5) is 0 Å². The van der Waals surface area contributed by atoms with E-state index in [1.54, 1.807) is 7.05 Å². The van der Waals surface area contributed by atoms with Crippen LogP contribution in [0.1, 0.15) is 19.4 Å². The minimum Gasteiger partial charge on any atom is -0.359 e. The van der Waals surface area contributed by atoms with Crippen LogP contribution in [0.5, 0.6) is 0 Å². The summed E-state index contributed by atoms with van der Waals surface area (Å²) in [5, 5.41) is 6.66. The number of hydrogen-bond donors (Lipinski definition) is 2. The van der Waals surface area contributed by atoms with E-state index in [0.717, 1.165) is 10.0 Å².